The Kier molecular flexibility index (Phi) is 7.36. The van der Waals surface area contributed by atoms with E-state index in [1.54, 1.807) is 6.33 Å². The predicted molar refractivity (Wildman–Crippen MR) is 127 cm³/mol. The van der Waals surface area contributed by atoms with Crippen molar-refractivity contribution < 1.29 is 0 Å². The highest BCUT2D eigenvalue weighted by molar-refractivity contribution is 9.10. The maximum Gasteiger partial charge on any atom is 0.146 e. The van der Waals surface area contributed by atoms with Crippen molar-refractivity contribution in [3.63, 3.8) is 0 Å². The number of fused-ring (bicyclic) bond motifs is 1. The van der Waals surface area contributed by atoms with Crippen LogP contribution in [0.3, 0.4) is 0 Å². The zero-order valence-electron chi connectivity index (χ0n) is 17.4. The predicted octanol–water partition coefficient (Wildman–Crippen LogP) is 3.93. The fourth-order valence-corrected chi connectivity index (χ4v) is 5.08. The normalized spacial score (nSPS) is 19.0. The van der Waals surface area contributed by atoms with Crippen molar-refractivity contribution in [2.75, 3.05) is 31.9 Å². The summed E-state index contributed by atoms with van der Waals surface area (Å²) in [6.45, 7) is 4.28. The van der Waals surface area contributed by atoms with Gasteiger partial charge in [0.1, 0.15) is 17.8 Å². The Morgan fingerprint density at radius 1 is 1.07 bits per heavy atom. The first-order chi connectivity index (χ1) is 14.7. The molecule has 7 heteroatoms. The molecule has 1 aromatic carbocycles. The minimum absolute atomic E-state index is 0.486. The summed E-state index contributed by atoms with van der Waals surface area (Å²) in [5.41, 5.74) is 8.38. The van der Waals surface area contributed by atoms with Crippen LogP contribution in [0.4, 0.5) is 5.82 Å². The average molecular weight is 471 g/mol. The minimum Gasteiger partial charge on any atom is -0.383 e. The van der Waals surface area contributed by atoms with Crippen LogP contribution in [0.25, 0.3) is 11.0 Å². The molecule has 1 saturated carbocycles. The summed E-state index contributed by atoms with van der Waals surface area (Å²) in [5, 5.41) is 8.13. The number of nitrogens with two attached hydrogens (primary N) is 1. The number of benzene rings is 1. The molecular weight excluding hydrogens is 440 g/mol. The first-order valence-electron chi connectivity index (χ1n) is 10.9. The number of nitrogens with zero attached hydrogens (tertiary/aromatic N) is 3. The average Bonchev–Trinajstić information content (AvgIpc) is 3.36. The van der Waals surface area contributed by atoms with Gasteiger partial charge in [-0.3, -0.25) is 0 Å². The molecule has 4 N–H and O–H groups in total. The second-order valence-electron chi connectivity index (χ2n) is 8.22. The van der Waals surface area contributed by atoms with E-state index in [0.717, 1.165) is 60.4 Å². The van der Waals surface area contributed by atoms with Crippen molar-refractivity contribution in [2.24, 2.45) is 5.92 Å². The van der Waals surface area contributed by atoms with Crippen molar-refractivity contribution >= 4 is 32.8 Å². The molecule has 0 amide bonds. The molecule has 0 saturated heterocycles. The Bertz CT molecular complexity index is 942. The number of hydrogen-bond donors (Lipinski definition) is 3. The van der Waals surface area contributed by atoms with E-state index in [9.17, 15) is 0 Å². The third kappa shape index (κ3) is 5.20. The molecule has 4 rings (SSSR count). The van der Waals surface area contributed by atoms with Gasteiger partial charge < -0.3 is 20.9 Å². The summed E-state index contributed by atoms with van der Waals surface area (Å²) in [7, 11) is 0. The number of rotatable bonds is 10. The highest BCUT2D eigenvalue weighted by Crippen LogP contribution is 2.39. The molecule has 2 aromatic heterocycles. The Morgan fingerprint density at radius 2 is 1.90 bits per heavy atom. The molecule has 0 bridgehead atoms. The number of nitrogens with one attached hydrogen (secondary N) is 2. The highest BCUT2D eigenvalue weighted by Gasteiger charge is 2.27. The molecule has 2 heterocycles. The smallest absolute Gasteiger partial charge is 0.146 e. The molecule has 1 aliphatic carbocycles. The monoisotopic (exact) mass is 470 g/mol. The summed E-state index contributed by atoms with van der Waals surface area (Å²) < 4.78 is 3.27. The summed E-state index contributed by atoms with van der Waals surface area (Å²) in [5.74, 6) is 1.26. The molecule has 0 aliphatic heterocycles. The SMILES string of the molecule is Nc1ncnc2c1c(Br)cn2C1CCC(CNCCCNCCc2ccccc2)C1. The van der Waals surface area contributed by atoms with E-state index < -0.39 is 0 Å². The summed E-state index contributed by atoms with van der Waals surface area (Å²) in [4.78, 5) is 8.61. The minimum atomic E-state index is 0.486. The van der Waals surface area contributed by atoms with Crippen molar-refractivity contribution in [1.82, 2.24) is 25.2 Å². The summed E-state index contributed by atoms with van der Waals surface area (Å²) >= 11 is 3.62. The number of hydrogen-bond acceptors (Lipinski definition) is 5. The van der Waals surface area contributed by atoms with E-state index >= 15 is 0 Å². The molecule has 0 spiro atoms. The van der Waals surface area contributed by atoms with Gasteiger partial charge in [0.25, 0.3) is 0 Å². The summed E-state index contributed by atoms with van der Waals surface area (Å²) in [6, 6.07) is 11.1. The second-order valence-corrected chi connectivity index (χ2v) is 9.07. The number of halogens is 1. The fraction of sp³-hybridized carbons (Fsp3) is 0.478. The molecule has 2 atom stereocenters. The third-order valence-corrected chi connectivity index (χ3v) is 6.67. The van der Waals surface area contributed by atoms with Crippen LogP contribution in [0.2, 0.25) is 0 Å². The Labute approximate surface area is 186 Å². The number of nitrogen functional groups attached to an aromatic ring is 1. The second kappa shape index (κ2) is 10.4. The Morgan fingerprint density at radius 3 is 2.77 bits per heavy atom. The van der Waals surface area contributed by atoms with Crippen LogP contribution in [-0.4, -0.2) is 40.7 Å². The van der Waals surface area contributed by atoms with Crippen LogP contribution in [0.1, 0.15) is 37.3 Å². The lowest BCUT2D eigenvalue weighted by Crippen LogP contribution is -2.26. The van der Waals surface area contributed by atoms with Gasteiger partial charge in [0.15, 0.2) is 0 Å². The van der Waals surface area contributed by atoms with E-state index in [0.29, 0.717) is 11.9 Å². The molecule has 3 aromatic rings. The highest BCUT2D eigenvalue weighted by atomic mass is 79.9. The van der Waals surface area contributed by atoms with Gasteiger partial charge in [-0.1, -0.05) is 30.3 Å². The topological polar surface area (TPSA) is 80.8 Å². The Hall–Kier alpha value is -1.96. The van der Waals surface area contributed by atoms with Gasteiger partial charge in [-0.25, -0.2) is 9.97 Å². The molecule has 30 heavy (non-hydrogen) atoms. The number of aromatic nitrogens is 3. The third-order valence-electron chi connectivity index (χ3n) is 6.07. The maximum atomic E-state index is 6.04. The van der Waals surface area contributed by atoms with E-state index in [2.05, 4.69) is 77.6 Å². The first kappa shape index (κ1) is 21.3. The van der Waals surface area contributed by atoms with Gasteiger partial charge in [-0.2, -0.15) is 0 Å². The molecular formula is C23H31BrN6. The van der Waals surface area contributed by atoms with E-state index in [1.807, 2.05) is 0 Å². The molecule has 2 unspecified atom stereocenters. The zero-order chi connectivity index (χ0) is 20.8. The quantitative estimate of drug-likeness (QED) is 0.391. The molecule has 6 nitrogen and oxygen atoms in total. The van der Waals surface area contributed by atoms with Gasteiger partial charge in [-0.15, -0.1) is 0 Å². The zero-order valence-corrected chi connectivity index (χ0v) is 18.9. The van der Waals surface area contributed by atoms with Crippen LogP contribution in [-0.2, 0) is 6.42 Å². The van der Waals surface area contributed by atoms with E-state index in [4.69, 9.17) is 5.73 Å². The van der Waals surface area contributed by atoms with Crippen molar-refractivity contribution in [2.45, 2.75) is 38.1 Å². The van der Waals surface area contributed by atoms with Crippen LogP contribution >= 0.6 is 15.9 Å². The molecule has 1 aliphatic rings. The van der Waals surface area contributed by atoms with Gasteiger partial charge in [0.2, 0.25) is 0 Å². The largest absolute Gasteiger partial charge is 0.383 e. The Balaban J connectivity index is 1.14. The maximum absolute atomic E-state index is 6.04. The molecule has 160 valence electrons. The standard InChI is InChI=1S/C23H31BrN6/c24-20-15-30(23-21(20)22(25)28-16-29-23)19-8-7-18(13-19)14-27-11-4-10-26-12-9-17-5-2-1-3-6-17/h1-3,5-6,15-16,18-19,26-27H,4,7-14H2,(H2,25,28,29). The lowest BCUT2D eigenvalue weighted by molar-refractivity contribution is 0.452. The van der Waals surface area contributed by atoms with Gasteiger partial charge in [-0.05, 0) is 85.7 Å². The van der Waals surface area contributed by atoms with Crippen molar-refractivity contribution in [1.29, 1.82) is 0 Å². The van der Waals surface area contributed by atoms with Crippen LogP contribution in [0.5, 0.6) is 0 Å². The van der Waals surface area contributed by atoms with Crippen LogP contribution in [0.15, 0.2) is 47.3 Å². The van der Waals surface area contributed by atoms with Gasteiger partial charge in [0, 0.05) is 16.7 Å². The number of anilines is 1. The molecule has 0 radical (unpaired) electrons. The fourth-order valence-electron chi connectivity index (χ4n) is 4.47. The van der Waals surface area contributed by atoms with Crippen molar-refractivity contribution in [3.8, 4) is 0 Å². The lowest BCUT2D eigenvalue weighted by atomic mass is 10.1. The van der Waals surface area contributed by atoms with E-state index in [-0.39, 0.29) is 0 Å². The van der Waals surface area contributed by atoms with E-state index in [1.165, 1.54) is 24.8 Å². The van der Waals surface area contributed by atoms with Crippen LogP contribution in [0, 0.1) is 5.92 Å². The van der Waals surface area contributed by atoms with Crippen molar-refractivity contribution in [3.05, 3.63) is 52.9 Å². The lowest BCUT2D eigenvalue weighted by Gasteiger charge is -2.15. The first-order valence-corrected chi connectivity index (χ1v) is 11.7. The molecule has 1 fully saturated rings. The van der Waals surface area contributed by atoms with Gasteiger partial charge >= 0.3 is 0 Å². The van der Waals surface area contributed by atoms with Crippen LogP contribution < -0.4 is 16.4 Å². The van der Waals surface area contributed by atoms with Gasteiger partial charge in [0.05, 0.1) is 5.39 Å². The summed E-state index contributed by atoms with van der Waals surface area (Å²) in [6.07, 6.45) is 9.56.